The average molecular weight is 224 g/mol. The number of amides is 1. The van der Waals surface area contributed by atoms with Crippen molar-refractivity contribution in [3.8, 4) is 12.3 Å². The third-order valence-electron chi connectivity index (χ3n) is 2.81. The van der Waals surface area contributed by atoms with E-state index in [0.29, 0.717) is 12.5 Å². The maximum atomic E-state index is 11.5. The molecule has 4 nitrogen and oxygen atoms in total. The number of terminal acetylenes is 1. The lowest BCUT2D eigenvalue weighted by Gasteiger charge is -2.23. The Morgan fingerprint density at radius 1 is 1.56 bits per heavy atom. The quantitative estimate of drug-likeness (QED) is 0.653. The van der Waals surface area contributed by atoms with Crippen molar-refractivity contribution in [2.24, 2.45) is 5.92 Å². The third kappa shape index (κ3) is 4.65. The Bertz CT molecular complexity index is 254. The molecule has 90 valence electrons. The molecule has 1 unspecified atom stereocenters. The van der Waals surface area contributed by atoms with Gasteiger partial charge in [-0.1, -0.05) is 5.92 Å². The van der Waals surface area contributed by atoms with Gasteiger partial charge in [0, 0.05) is 13.2 Å². The first-order valence-corrected chi connectivity index (χ1v) is 5.76. The highest BCUT2D eigenvalue weighted by Gasteiger charge is 2.16. The summed E-state index contributed by atoms with van der Waals surface area (Å²) in [5.41, 5.74) is 0. The van der Waals surface area contributed by atoms with Gasteiger partial charge in [-0.05, 0) is 32.2 Å². The number of carbonyl (C=O) groups is 1. The predicted molar refractivity (Wildman–Crippen MR) is 62.9 cm³/mol. The smallest absolute Gasteiger partial charge is 0.237 e. The largest absolute Gasteiger partial charge is 0.381 e. The van der Waals surface area contributed by atoms with Gasteiger partial charge in [0.1, 0.15) is 0 Å². The van der Waals surface area contributed by atoms with Crippen LogP contribution in [0, 0.1) is 18.3 Å². The molecule has 1 atom stereocenters. The monoisotopic (exact) mass is 224 g/mol. The molecule has 2 N–H and O–H groups in total. The van der Waals surface area contributed by atoms with Crippen molar-refractivity contribution in [3.05, 3.63) is 0 Å². The second-order valence-electron chi connectivity index (χ2n) is 4.11. The Balaban J connectivity index is 2.15. The first kappa shape index (κ1) is 13.0. The molecular formula is C12H20N2O2. The second-order valence-corrected chi connectivity index (χ2v) is 4.11. The summed E-state index contributed by atoms with van der Waals surface area (Å²) in [6, 6.07) is -0.184. The molecule has 16 heavy (non-hydrogen) atoms. The molecule has 1 amide bonds. The lowest BCUT2D eigenvalue weighted by Crippen LogP contribution is -2.44. The summed E-state index contributed by atoms with van der Waals surface area (Å²) in [5.74, 6) is 2.97. The number of hydrogen-bond acceptors (Lipinski definition) is 3. The Hall–Kier alpha value is -1.05. The van der Waals surface area contributed by atoms with Crippen molar-refractivity contribution in [2.45, 2.75) is 25.8 Å². The van der Waals surface area contributed by atoms with E-state index in [-0.39, 0.29) is 11.9 Å². The fourth-order valence-corrected chi connectivity index (χ4v) is 1.68. The van der Waals surface area contributed by atoms with Crippen LogP contribution in [-0.2, 0) is 9.53 Å². The Labute approximate surface area is 97.1 Å². The number of ether oxygens (including phenoxy) is 1. The van der Waals surface area contributed by atoms with Crippen LogP contribution in [0.3, 0.4) is 0 Å². The van der Waals surface area contributed by atoms with Crippen molar-refractivity contribution in [3.63, 3.8) is 0 Å². The number of hydrogen-bond donors (Lipinski definition) is 2. The van der Waals surface area contributed by atoms with Gasteiger partial charge in [0.2, 0.25) is 5.91 Å². The molecule has 0 aliphatic carbocycles. The molecule has 0 radical (unpaired) electrons. The van der Waals surface area contributed by atoms with Crippen LogP contribution in [0.1, 0.15) is 19.8 Å². The molecule has 0 bridgehead atoms. The predicted octanol–water partition coefficient (Wildman–Crippen LogP) is 0.140. The minimum absolute atomic E-state index is 0.0370. The van der Waals surface area contributed by atoms with Crippen LogP contribution in [0.5, 0.6) is 0 Å². The molecule has 0 aromatic heterocycles. The van der Waals surface area contributed by atoms with E-state index < -0.39 is 0 Å². The minimum Gasteiger partial charge on any atom is -0.381 e. The van der Waals surface area contributed by atoms with Gasteiger partial charge < -0.3 is 15.4 Å². The van der Waals surface area contributed by atoms with Crippen LogP contribution in [0.25, 0.3) is 0 Å². The summed E-state index contributed by atoms with van der Waals surface area (Å²) in [4.78, 5) is 11.5. The number of rotatable bonds is 5. The summed E-state index contributed by atoms with van der Waals surface area (Å²) in [5, 5.41) is 5.88. The highest BCUT2D eigenvalue weighted by atomic mass is 16.5. The normalized spacial score (nSPS) is 18.8. The molecule has 0 aromatic carbocycles. The molecule has 1 aliphatic rings. The summed E-state index contributed by atoms with van der Waals surface area (Å²) < 4.78 is 5.28. The van der Waals surface area contributed by atoms with E-state index in [1.165, 1.54) is 0 Å². The van der Waals surface area contributed by atoms with E-state index in [9.17, 15) is 4.79 Å². The fourth-order valence-electron chi connectivity index (χ4n) is 1.68. The van der Waals surface area contributed by atoms with Crippen LogP contribution in [0.2, 0.25) is 0 Å². The van der Waals surface area contributed by atoms with Crippen LogP contribution in [-0.4, -0.2) is 38.3 Å². The van der Waals surface area contributed by atoms with Gasteiger partial charge in [-0.2, -0.15) is 0 Å². The third-order valence-corrected chi connectivity index (χ3v) is 2.81. The first-order chi connectivity index (χ1) is 7.74. The van der Waals surface area contributed by atoms with Crippen molar-refractivity contribution >= 4 is 5.91 Å². The molecule has 4 heteroatoms. The molecule has 1 aliphatic heterocycles. The highest BCUT2D eigenvalue weighted by Crippen LogP contribution is 2.13. The van der Waals surface area contributed by atoms with Gasteiger partial charge in [-0.25, -0.2) is 0 Å². The SMILES string of the molecule is C#CCNC(=O)C(C)NCC1CCOCC1. The van der Waals surface area contributed by atoms with Crippen LogP contribution < -0.4 is 10.6 Å². The van der Waals surface area contributed by atoms with E-state index in [0.717, 1.165) is 32.6 Å². The Morgan fingerprint density at radius 2 is 2.25 bits per heavy atom. The highest BCUT2D eigenvalue weighted by molar-refractivity contribution is 5.81. The van der Waals surface area contributed by atoms with Crippen molar-refractivity contribution < 1.29 is 9.53 Å². The van der Waals surface area contributed by atoms with Crippen molar-refractivity contribution in [1.82, 2.24) is 10.6 Å². The van der Waals surface area contributed by atoms with Gasteiger partial charge in [0.05, 0.1) is 12.6 Å². The van der Waals surface area contributed by atoms with Gasteiger partial charge in [-0.15, -0.1) is 6.42 Å². The second kappa shape index (κ2) is 7.26. The van der Waals surface area contributed by atoms with E-state index in [2.05, 4.69) is 16.6 Å². The first-order valence-electron chi connectivity index (χ1n) is 5.76. The van der Waals surface area contributed by atoms with E-state index in [1.807, 2.05) is 6.92 Å². The topological polar surface area (TPSA) is 50.4 Å². The zero-order valence-corrected chi connectivity index (χ0v) is 9.79. The molecule has 1 rings (SSSR count). The molecule has 1 fully saturated rings. The average Bonchev–Trinajstić information content (AvgIpc) is 2.34. The molecular weight excluding hydrogens is 204 g/mol. The van der Waals surface area contributed by atoms with E-state index >= 15 is 0 Å². The summed E-state index contributed by atoms with van der Waals surface area (Å²) in [6.45, 7) is 4.69. The fraction of sp³-hybridized carbons (Fsp3) is 0.750. The lowest BCUT2D eigenvalue weighted by molar-refractivity contribution is -0.122. The maximum absolute atomic E-state index is 11.5. The van der Waals surface area contributed by atoms with Crippen molar-refractivity contribution in [2.75, 3.05) is 26.3 Å². The summed E-state index contributed by atoms with van der Waals surface area (Å²) in [7, 11) is 0. The Kier molecular flexibility index (Phi) is 5.91. The van der Waals surface area contributed by atoms with Crippen molar-refractivity contribution in [1.29, 1.82) is 0 Å². The van der Waals surface area contributed by atoms with Crippen LogP contribution in [0.15, 0.2) is 0 Å². The maximum Gasteiger partial charge on any atom is 0.237 e. The molecule has 0 spiro atoms. The number of nitrogens with one attached hydrogen (secondary N) is 2. The van der Waals surface area contributed by atoms with Gasteiger partial charge in [0.15, 0.2) is 0 Å². The lowest BCUT2D eigenvalue weighted by atomic mass is 10.0. The Morgan fingerprint density at radius 3 is 2.88 bits per heavy atom. The standard InChI is InChI=1S/C12H20N2O2/c1-3-6-13-12(15)10(2)14-9-11-4-7-16-8-5-11/h1,10-11,14H,4-9H2,2H3,(H,13,15). The molecule has 0 aromatic rings. The van der Waals surface area contributed by atoms with Gasteiger partial charge in [-0.3, -0.25) is 4.79 Å². The molecule has 1 saturated heterocycles. The van der Waals surface area contributed by atoms with E-state index in [4.69, 9.17) is 11.2 Å². The van der Waals surface area contributed by atoms with E-state index in [1.54, 1.807) is 0 Å². The summed E-state index contributed by atoms with van der Waals surface area (Å²) >= 11 is 0. The minimum atomic E-state index is -0.184. The zero-order valence-electron chi connectivity index (χ0n) is 9.79. The summed E-state index contributed by atoms with van der Waals surface area (Å²) in [6.07, 6.45) is 7.22. The van der Waals surface area contributed by atoms with Crippen LogP contribution in [0.4, 0.5) is 0 Å². The van der Waals surface area contributed by atoms with Gasteiger partial charge >= 0.3 is 0 Å². The van der Waals surface area contributed by atoms with Gasteiger partial charge in [0.25, 0.3) is 0 Å². The van der Waals surface area contributed by atoms with Crippen LogP contribution >= 0.6 is 0 Å². The zero-order chi connectivity index (χ0) is 11.8. The molecule has 1 heterocycles. The number of carbonyl (C=O) groups excluding carboxylic acids is 1. The molecule has 0 saturated carbocycles.